The van der Waals surface area contributed by atoms with Gasteiger partial charge in [-0.05, 0) is 86.9 Å². The second-order valence-corrected chi connectivity index (χ2v) is 7.87. The van der Waals surface area contributed by atoms with Crippen molar-refractivity contribution in [2.75, 3.05) is 0 Å². The lowest BCUT2D eigenvalue weighted by atomic mass is 9.52. The third-order valence-electron chi connectivity index (χ3n) is 7.16. The van der Waals surface area contributed by atoms with E-state index in [0.717, 1.165) is 29.1 Å². The molecule has 4 rings (SSSR count). The minimum atomic E-state index is 0.747. The molecular formula is C18H28. The van der Waals surface area contributed by atoms with Gasteiger partial charge >= 0.3 is 0 Å². The van der Waals surface area contributed by atoms with E-state index in [0.29, 0.717) is 0 Å². The Morgan fingerprint density at radius 2 is 1.94 bits per heavy atom. The molecule has 0 amide bonds. The Morgan fingerprint density at radius 1 is 1.00 bits per heavy atom. The molecule has 0 aromatic carbocycles. The highest BCUT2D eigenvalue weighted by Crippen LogP contribution is 2.61. The van der Waals surface area contributed by atoms with Crippen molar-refractivity contribution in [1.29, 1.82) is 0 Å². The molecule has 4 aliphatic rings. The minimum Gasteiger partial charge on any atom is -0.0850 e. The Labute approximate surface area is 112 Å². The molecule has 4 aliphatic carbocycles. The van der Waals surface area contributed by atoms with E-state index < -0.39 is 0 Å². The van der Waals surface area contributed by atoms with Crippen molar-refractivity contribution in [3.8, 4) is 0 Å². The first-order valence-electron chi connectivity index (χ1n) is 8.47. The van der Waals surface area contributed by atoms with Gasteiger partial charge in [0.15, 0.2) is 0 Å². The third kappa shape index (κ3) is 1.57. The van der Waals surface area contributed by atoms with Gasteiger partial charge in [0.1, 0.15) is 0 Å². The number of hydrogen-bond acceptors (Lipinski definition) is 0. The van der Waals surface area contributed by atoms with Gasteiger partial charge in [-0.15, -0.1) is 0 Å². The normalized spacial score (nSPS) is 51.1. The first-order chi connectivity index (χ1) is 8.78. The summed E-state index contributed by atoms with van der Waals surface area (Å²) in [5, 5.41) is 0. The van der Waals surface area contributed by atoms with Gasteiger partial charge in [0, 0.05) is 0 Å². The molecule has 0 unspecified atom stereocenters. The second-order valence-electron chi connectivity index (χ2n) is 7.87. The summed E-state index contributed by atoms with van der Waals surface area (Å²) in [5.41, 5.74) is 2.63. The van der Waals surface area contributed by atoms with Crippen molar-refractivity contribution >= 4 is 0 Å². The lowest BCUT2D eigenvalue weighted by Gasteiger charge is -2.53. The molecule has 0 bridgehead atoms. The molecule has 0 heteroatoms. The fourth-order valence-corrected chi connectivity index (χ4v) is 6.30. The number of allylic oxidation sites excluding steroid dienone is 2. The van der Waals surface area contributed by atoms with Crippen LogP contribution < -0.4 is 0 Å². The van der Waals surface area contributed by atoms with E-state index >= 15 is 0 Å². The average Bonchev–Trinajstić information content (AvgIpc) is 2.80. The van der Waals surface area contributed by atoms with Crippen molar-refractivity contribution in [2.24, 2.45) is 29.1 Å². The number of hydrogen-bond donors (Lipinski definition) is 0. The minimum absolute atomic E-state index is 0.747. The smallest absolute Gasteiger partial charge is 0.0172 e. The molecule has 0 N–H and O–H groups in total. The van der Waals surface area contributed by atoms with Crippen LogP contribution in [0.2, 0.25) is 0 Å². The molecule has 0 radical (unpaired) electrons. The SMILES string of the molecule is C[C@@]12CCC[C@H]1[C@@H]1CCC3=CCCC[C@H]3[C@H]1CC2. The highest BCUT2D eigenvalue weighted by Gasteiger charge is 2.51. The zero-order valence-corrected chi connectivity index (χ0v) is 12.0. The molecular weight excluding hydrogens is 216 g/mol. The van der Waals surface area contributed by atoms with E-state index in [2.05, 4.69) is 13.0 Å². The van der Waals surface area contributed by atoms with Crippen LogP contribution in [0, 0.1) is 29.1 Å². The quantitative estimate of drug-likeness (QED) is 0.505. The van der Waals surface area contributed by atoms with Gasteiger partial charge in [0.2, 0.25) is 0 Å². The number of fused-ring (bicyclic) bond motifs is 5. The predicted molar refractivity (Wildman–Crippen MR) is 76.3 cm³/mol. The van der Waals surface area contributed by atoms with Crippen LogP contribution in [-0.4, -0.2) is 0 Å². The maximum absolute atomic E-state index is 2.62. The maximum Gasteiger partial charge on any atom is -0.0172 e. The van der Waals surface area contributed by atoms with E-state index in [-0.39, 0.29) is 0 Å². The monoisotopic (exact) mass is 244 g/mol. The van der Waals surface area contributed by atoms with Crippen LogP contribution in [-0.2, 0) is 0 Å². The van der Waals surface area contributed by atoms with Crippen molar-refractivity contribution in [2.45, 2.75) is 71.1 Å². The molecule has 0 aliphatic heterocycles. The molecule has 5 atom stereocenters. The van der Waals surface area contributed by atoms with Crippen LogP contribution in [0.15, 0.2) is 11.6 Å². The molecule has 0 aromatic heterocycles. The Bertz CT molecular complexity index is 366. The summed E-state index contributed by atoms with van der Waals surface area (Å²) in [4.78, 5) is 0. The Kier molecular flexibility index (Phi) is 2.64. The highest BCUT2D eigenvalue weighted by molar-refractivity contribution is 5.17. The lowest BCUT2D eigenvalue weighted by Crippen LogP contribution is -2.44. The van der Waals surface area contributed by atoms with Gasteiger partial charge in [0.05, 0.1) is 0 Å². The van der Waals surface area contributed by atoms with Gasteiger partial charge < -0.3 is 0 Å². The summed E-state index contributed by atoms with van der Waals surface area (Å²) in [5.74, 6) is 4.30. The zero-order valence-electron chi connectivity index (χ0n) is 12.0. The molecule has 0 aromatic rings. The fraction of sp³-hybridized carbons (Fsp3) is 0.889. The van der Waals surface area contributed by atoms with E-state index in [4.69, 9.17) is 0 Å². The third-order valence-corrected chi connectivity index (χ3v) is 7.16. The summed E-state index contributed by atoms with van der Waals surface area (Å²) in [6, 6.07) is 0. The van der Waals surface area contributed by atoms with E-state index in [1.807, 2.05) is 5.57 Å². The zero-order chi connectivity index (χ0) is 12.2. The first-order valence-corrected chi connectivity index (χ1v) is 8.47. The van der Waals surface area contributed by atoms with Crippen LogP contribution in [0.25, 0.3) is 0 Å². The second kappa shape index (κ2) is 4.12. The fourth-order valence-electron chi connectivity index (χ4n) is 6.30. The van der Waals surface area contributed by atoms with Gasteiger partial charge in [-0.2, -0.15) is 0 Å². The van der Waals surface area contributed by atoms with E-state index in [1.54, 1.807) is 19.3 Å². The Hall–Kier alpha value is -0.260. The molecule has 0 saturated heterocycles. The van der Waals surface area contributed by atoms with Crippen LogP contribution in [0.3, 0.4) is 0 Å². The molecule has 0 heterocycles. The van der Waals surface area contributed by atoms with Gasteiger partial charge in [-0.3, -0.25) is 0 Å². The summed E-state index contributed by atoms with van der Waals surface area (Å²) in [6.07, 6.45) is 17.7. The predicted octanol–water partition coefficient (Wildman–Crippen LogP) is 5.34. The average molecular weight is 244 g/mol. The summed E-state index contributed by atoms with van der Waals surface area (Å²) in [7, 11) is 0. The summed E-state index contributed by atoms with van der Waals surface area (Å²) in [6.45, 7) is 2.62. The molecule has 3 saturated carbocycles. The topological polar surface area (TPSA) is 0 Å². The standard InChI is InChI=1S/C18H28/c1-18-11-4-7-17(18)16-9-8-13-5-2-3-6-14(13)15(16)10-12-18/h5,14-17H,2-4,6-12H2,1H3/t14-,15-,16-,17+,18+/m1/s1. The van der Waals surface area contributed by atoms with Crippen molar-refractivity contribution in [3.05, 3.63) is 11.6 Å². The van der Waals surface area contributed by atoms with Crippen LogP contribution in [0.5, 0.6) is 0 Å². The largest absolute Gasteiger partial charge is 0.0850 e. The van der Waals surface area contributed by atoms with Crippen LogP contribution in [0.1, 0.15) is 71.1 Å². The lowest BCUT2D eigenvalue weighted by molar-refractivity contribution is -0.00114. The Balaban J connectivity index is 1.63. The van der Waals surface area contributed by atoms with Gasteiger partial charge in [-0.1, -0.05) is 25.0 Å². The van der Waals surface area contributed by atoms with Crippen molar-refractivity contribution in [1.82, 2.24) is 0 Å². The molecule has 18 heavy (non-hydrogen) atoms. The molecule has 0 nitrogen and oxygen atoms in total. The summed E-state index contributed by atoms with van der Waals surface area (Å²) < 4.78 is 0. The molecule has 0 spiro atoms. The highest BCUT2D eigenvalue weighted by atomic mass is 14.6. The van der Waals surface area contributed by atoms with Gasteiger partial charge in [-0.25, -0.2) is 0 Å². The summed E-state index contributed by atoms with van der Waals surface area (Å²) >= 11 is 0. The molecule has 100 valence electrons. The molecule has 3 fully saturated rings. The van der Waals surface area contributed by atoms with Crippen LogP contribution >= 0.6 is 0 Å². The van der Waals surface area contributed by atoms with Crippen molar-refractivity contribution < 1.29 is 0 Å². The van der Waals surface area contributed by atoms with Crippen molar-refractivity contribution in [3.63, 3.8) is 0 Å². The van der Waals surface area contributed by atoms with E-state index in [1.165, 1.54) is 44.9 Å². The first kappa shape index (κ1) is 11.6. The Morgan fingerprint density at radius 3 is 2.89 bits per heavy atom. The van der Waals surface area contributed by atoms with Crippen LogP contribution in [0.4, 0.5) is 0 Å². The van der Waals surface area contributed by atoms with Gasteiger partial charge in [0.25, 0.3) is 0 Å². The maximum atomic E-state index is 2.62. The number of rotatable bonds is 0. The van der Waals surface area contributed by atoms with E-state index in [9.17, 15) is 0 Å².